The van der Waals surface area contributed by atoms with Gasteiger partial charge in [-0.3, -0.25) is 0 Å². The number of thiophene rings is 1. The third-order valence-corrected chi connectivity index (χ3v) is 2.06. The van der Waals surface area contributed by atoms with E-state index in [9.17, 15) is 0 Å². The van der Waals surface area contributed by atoms with Crippen molar-refractivity contribution < 1.29 is 4.42 Å². The largest absolute Gasteiger partial charge is 0.464 e. The Balaban J connectivity index is 2.48. The molecule has 0 saturated heterocycles. The molecule has 2 heterocycles. The summed E-state index contributed by atoms with van der Waals surface area (Å²) in [4.78, 5) is 1.13. The van der Waals surface area contributed by atoms with Crippen molar-refractivity contribution in [3.63, 3.8) is 0 Å². The highest BCUT2D eigenvalue weighted by Gasteiger charge is 1.98. The Morgan fingerprint density at radius 2 is 2.50 bits per heavy atom. The molecule has 0 spiro atoms. The summed E-state index contributed by atoms with van der Waals surface area (Å²) in [6, 6.07) is 8.72. The lowest BCUT2D eigenvalue weighted by Crippen LogP contribution is -1.58. The van der Waals surface area contributed by atoms with Gasteiger partial charge in [-0.05, 0) is 29.6 Å². The van der Waals surface area contributed by atoms with E-state index in [4.69, 9.17) is 4.42 Å². The maximum absolute atomic E-state index is 5.17. The average molecular weight is 149 g/mol. The van der Waals surface area contributed by atoms with Crippen LogP contribution in [0.5, 0.6) is 0 Å². The summed E-state index contributed by atoms with van der Waals surface area (Å²) in [6.45, 7) is 0. The first kappa shape index (κ1) is 5.74. The molecule has 2 aromatic heterocycles. The van der Waals surface area contributed by atoms with Crippen molar-refractivity contribution >= 4 is 11.3 Å². The minimum atomic E-state index is 0.922. The molecule has 2 rings (SSSR count). The summed E-state index contributed by atoms with van der Waals surface area (Å²) >= 11 is 1.63. The van der Waals surface area contributed by atoms with Gasteiger partial charge in [-0.2, -0.15) is 0 Å². The van der Waals surface area contributed by atoms with E-state index in [1.54, 1.807) is 17.6 Å². The van der Waals surface area contributed by atoms with Gasteiger partial charge in [0, 0.05) is 0 Å². The van der Waals surface area contributed by atoms with Crippen LogP contribution in [-0.4, -0.2) is 0 Å². The first-order valence-corrected chi connectivity index (χ1v) is 3.83. The maximum atomic E-state index is 5.17. The van der Waals surface area contributed by atoms with Crippen molar-refractivity contribution in [3.8, 4) is 10.6 Å². The van der Waals surface area contributed by atoms with Gasteiger partial charge in [-0.1, -0.05) is 0 Å². The van der Waals surface area contributed by atoms with Crippen LogP contribution in [0.1, 0.15) is 0 Å². The highest BCUT2D eigenvalue weighted by atomic mass is 32.1. The van der Waals surface area contributed by atoms with Gasteiger partial charge in [-0.15, -0.1) is 11.3 Å². The molecular weight excluding hydrogens is 144 g/mol. The van der Waals surface area contributed by atoms with Crippen molar-refractivity contribution in [3.05, 3.63) is 35.9 Å². The van der Waals surface area contributed by atoms with Crippen LogP contribution in [0.15, 0.2) is 34.3 Å². The van der Waals surface area contributed by atoms with Crippen molar-refractivity contribution in [2.75, 3.05) is 0 Å². The lowest BCUT2D eigenvalue weighted by Gasteiger charge is -1.84. The van der Waals surface area contributed by atoms with E-state index in [1.165, 1.54) is 0 Å². The second-order valence-electron chi connectivity index (χ2n) is 1.89. The third kappa shape index (κ3) is 0.866. The minimum absolute atomic E-state index is 0.922. The fraction of sp³-hybridized carbons (Fsp3) is 0. The van der Waals surface area contributed by atoms with E-state index in [1.807, 2.05) is 23.6 Å². The highest BCUT2D eigenvalue weighted by molar-refractivity contribution is 7.13. The second-order valence-corrected chi connectivity index (χ2v) is 2.80. The quantitative estimate of drug-likeness (QED) is 0.607. The smallest absolute Gasteiger partial charge is 0.143 e. The Morgan fingerprint density at radius 1 is 1.50 bits per heavy atom. The van der Waals surface area contributed by atoms with Crippen molar-refractivity contribution in [2.45, 2.75) is 0 Å². The zero-order chi connectivity index (χ0) is 6.81. The van der Waals surface area contributed by atoms with E-state index < -0.39 is 0 Å². The highest BCUT2D eigenvalue weighted by Crippen LogP contribution is 2.23. The van der Waals surface area contributed by atoms with E-state index >= 15 is 0 Å². The molecule has 0 unspecified atom stereocenters. The van der Waals surface area contributed by atoms with Crippen molar-refractivity contribution in [1.82, 2.24) is 0 Å². The Hall–Kier alpha value is -1.02. The van der Waals surface area contributed by atoms with Gasteiger partial charge in [0.1, 0.15) is 5.76 Å². The van der Waals surface area contributed by atoms with E-state index in [0.29, 0.717) is 0 Å². The zero-order valence-corrected chi connectivity index (χ0v) is 6.02. The standard InChI is InChI=1S/C8H5OS/c1-3-7(9-5-1)8-4-2-6-10-8/h1,3-6H. The summed E-state index contributed by atoms with van der Waals surface area (Å²) in [5.41, 5.74) is 0. The SMILES string of the molecule is [c]1csc(-c2ccco2)c1. The molecule has 0 amide bonds. The predicted molar refractivity (Wildman–Crippen MR) is 40.9 cm³/mol. The van der Waals surface area contributed by atoms with E-state index in [-0.39, 0.29) is 0 Å². The molecule has 0 aliphatic rings. The number of rotatable bonds is 1. The van der Waals surface area contributed by atoms with Crippen LogP contribution < -0.4 is 0 Å². The number of furan rings is 1. The summed E-state index contributed by atoms with van der Waals surface area (Å²) < 4.78 is 5.17. The van der Waals surface area contributed by atoms with E-state index in [2.05, 4.69) is 6.07 Å². The molecule has 0 aromatic carbocycles. The van der Waals surface area contributed by atoms with Gasteiger partial charge >= 0.3 is 0 Å². The van der Waals surface area contributed by atoms with Crippen LogP contribution in [0.4, 0.5) is 0 Å². The topological polar surface area (TPSA) is 13.1 Å². The molecule has 1 nitrogen and oxygen atoms in total. The fourth-order valence-corrected chi connectivity index (χ4v) is 1.42. The fourth-order valence-electron chi connectivity index (χ4n) is 0.789. The average Bonchev–Trinajstić information content (AvgIpc) is 2.59. The summed E-state index contributed by atoms with van der Waals surface area (Å²) in [5.74, 6) is 0.922. The van der Waals surface area contributed by atoms with E-state index in [0.717, 1.165) is 10.6 Å². The molecule has 0 bridgehead atoms. The molecule has 2 aromatic rings. The van der Waals surface area contributed by atoms with Gasteiger partial charge in [0.25, 0.3) is 0 Å². The Kier molecular flexibility index (Phi) is 1.32. The normalized spacial score (nSPS) is 10.0. The summed E-state index contributed by atoms with van der Waals surface area (Å²) in [6.07, 6.45) is 1.68. The number of hydrogen-bond donors (Lipinski definition) is 0. The molecule has 49 valence electrons. The van der Waals surface area contributed by atoms with Crippen LogP contribution in [0.3, 0.4) is 0 Å². The zero-order valence-electron chi connectivity index (χ0n) is 5.20. The van der Waals surface area contributed by atoms with Crippen molar-refractivity contribution in [2.24, 2.45) is 0 Å². The van der Waals surface area contributed by atoms with Crippen LogP contribution in [0.2, 0.25) is 0 Å². The Morgan fingerprint density at radius 3 is 3.10 bits per heavy atom. The summed E-state index contributed by atoms with van der Waals surface area (Å²) in [5, 5.41) is 1.91. The molecule has 0 aliphatic heterocycles. The molecule has 0 fully saturated rings. The summed E-state index contributed by atoms with van der Waals surface area (Å²) in [7, 11) is 0. The molecule has 0 atom stereocenters. The third-order valence-electron chi connectivity index (χ3n) is 1.23. The molecular formula is C8H5OS. The van der Waals surface area contributed by atoms with Crippen LogP contribution in [0, 0.1) is 6.07 Å². The molecule has 1 radical (unpaired) electrons. The van der Waals surface area contributed by atoms with Gasteiger partial charge in [0.2, 0.25) is 0 Å². The monoisotopic (exact) mass is 149 g/mol. The minimum Gasteiger partial charge on any atom is -0.464 e. The Bertz CT molecular complexity index is 249. The molecule has 0 aliphatic carbocycles. The number of hydrogen-bond acceptors (Lipinski definition) is 2. The first-order valence-electron chi connectivity index (χ1n) is 2.95. The van der Waals surface area contributed by atoms with Gasteiger partial charge < -0.3 is 4.42 Å². The van der Waals surface area contributed by atoms with Crippen molar-refractivity contribution in [1.29, 1.82) is 0 Å². The maximum Gasteiger partial charge on any atom is 0.143 e. The molecule has 10 heavy (non-hydrogen) atoms. The lowest BCUT2D eigenvalue weighted by atomic mass is 10.4. The van der Waals surface area contributed by atoms with Crippen LogP contribution in [0.25, 0.3) is 10.6 Å². The van der Waals surface area contributed by atoms with Gasteiger partial charge in [-0.25, -0.2) is 0 Å². The van der Waals surface area contributed by atoms with Crippen LogP contribution in [-0.2, 0) is 0 Å². The first-order chi connectivity index (χ1) is 4.97. The van der Waals surface area contributed by atoms with Gasteiger partial charge in [0.15, 0.2) is 0 Å². The lowest BCUT2D eigenvalue weighted by molar-refractivity contribution is 0.584. The Labute approximate surface area is 62.9 Å². The second kappa shape index (κ2) is 2.31. The molecule has 2 heteroatoms. The molecule has 0 saturated carbocycles. The van der Waals surface area contributed by atoms with Crippen LogP contribution >= 0.6 is 11.3 Å². The van der Waals surface area contributed by atoms with Gasteiger partial charge in [0.05, 0.1) is 11.1 Å². The molecule has 0 N–H and O–H groups in total. The predicted octanol–water partition coefficient (Wildman–Crippen LogP) is 2.81.